The Morgan fingerprint density at radius 3 is 1.86 bits per heavy atom. The van der Waals surface area contributed by atoms with Crippen molar-refractivity contribution in [2.24, 2.45) is 17.8 Å². The second kappa shape index (κ2) is 9.80. The number of unbranched alkanes of at least 4 members (excludes halogenated alkanes) is 1. The Labute approximate surface area is 128 Å². The minimum Gasteiger partial charge on any atom is -0.465 e. The number of carbonyl (C=O) groups is 2. The molecule has 0 aromatic heterocycles. The number of esters is 2. The number of hydrogen-bond donors (Lipinski definition) is 0. The molecule has 1 aliphatic carbocycles. The zero-order chi connectivity index (χ0) is 15.7. The van der Waals surface area contributed by atoms with Gasteiger partial charge in [0.2, 0.25) is 0 Å². The molecular weight excluding hydrogens is 268 g/mol. The third kappa shape index (κ3) is 6.96. The van der Waals surface area contributed by atoms with Crippen molar-refractivity contribution in [1.29, 1.82) is 0 Å². The Bertz CT molecular complexity index is 317. The van der Waals surface area contributed by atoms with Gasteiger partial charge in [-0.2, -0.15) is 0 Å². The highest BCUT2D eigenvalue weighted by Gasteiger charge is 2.31. The molecule has 0 heterocycles. The Hall–Kier alpha value is -1.06. The molecular formula is C17H30O4. The molecule has 4 nitrogen and oxygen atoms in total. The van der Waals surface area contributed by atoms with Crippen LogP contribution < -0.4 is 0 Å². The van der Waals surface area contributed by atoms with Crippen LogP contribution in [0.1, 0.15) is 65.7 Å². The van der Waals surface area contributed by atoms with Crippen LogP contribution in [0.15, 0.2) is 0 Å². The monoisotopic (exact) mass is 298 g/mol. The minimum absolute atomic E-state index is 0.0263. The molecule has 122 valence electrons. The summed E-state index contributed by atoms with van der Waals surface area (Å²) < 4.78 is 10.6. The largest absolute Gasteiger partial charge is 0.465 e. The van der Waals surface area contributed by atoms with E-state index in [9.17, 15) is 9.59 Å². The summed E-state index contributed by atoms with van der Waals surface area (Å²) in [6.07, 6.45) is 5.84. The molecule has 0 bridgehead atoms. The predicted octanol–water partition coefficient (Wildman–Crippen LogP) is 3.73. The summed E-state index contributed by atoms with van der Waals surface area (Å²) in [4.78, 5) is 23.8. The van der Waals surface area contributed by atoms with E-state index in [-0.39, 0.29) is 23.8 Å². The van der Waals surface area contributed by atoms with E-state index in [1.807, 2.05) is 0 Å². The quantitative estimate of drug-likeness (QED) is 0.506. The molecule has 0 amide bonds. The van der Waals surface area contributed by atoms with E-state index in [1.54, 1.807) is 0 Å². The lowest BCUT2D eigenvalue weighted by molar-refractivity contribution is -0.155. The smallest absolute Gasteiger partial charge is 0.308 e. The summed E-state index contributed by atoms with van der Waals surface area (Å²) in [5.74, 6) is 0.313. The third-order valence-corrected chi connectivity index (χ3v) is 4.08. The molecule has 1 rings (SSSR count). The lowest BCUT2D eigenvalue weighted by Gasteiger charge is -2.26. The Morgan fingerprint density at radius 1 is 0.952 bits per heavy atom. The van der Waals surface area contributed by atoms with E-state index < -0.39 is 0 Å². The molecule has 0 atom stereocenters. The van der Waals surface area contributed by atoms with Crippen LogP contribution in [-0.2, 0) is 19.1 Å². The molecule has 1 saturated carbocycles. The van der Waals surface area contributed by atoms with E-state index in [4.69, 9.17) is 9.47 Å². The second-order valence-corrected chi connectivity index (χ2v) is 6.42. The summed E-state index contributed by atoms with van der Waals surface area (Å²) in [7, 11) is 0. The van der Waals surface area contributed by atoms with Gasteiger partial charge < -0.3 is 9.47 Å². The van der Waals surface area contributed by atoms with Gasteiger partial charge in [0.1, 0.15) is 0 Å². The van der Waals surface area contributed by atoms with Gasteiger partial charge in [-0.1, -0.05) is 27.2 Å². The van der Waals surface area contributed by atoms with Crippen molar-refractivity contribution in [3.8, 4) is 0 Å². The maximum absolute atomic E-state index is 11.9. The fourth-order valence-electron chi connectivity index (χ4n) is 2.51. The highest BCUT2D eigenvalue weighted by Crippen LogP contribution is 2.30. The SMILES string of the molecule is CCCCOC(=O)C1CCC(C(=O)OCCC(C)C)CC1. The van der Waals surface area contributed by atoms with Gasteiger partial charge in [0, 0.05) is 0 Å². The summed E-state index contributed by atoms with van der Waals surface area (Å²) in [5, 5.41) is 0. The van der Waals surface area contributed by atoms with Crippen LogP contribution in [0.5, 0.6) is 0 Å². The highest BCUT2D eigenvalue weighted by atomic mass is 16.5. The molecule has 0 N–H and O–H groups in total. The first-order chi connectivity index (χ1) is 10.0. The highest BCUT2D eigenvalue weighted by molar-refractivity contribution is 5.75. The third-order valence-electron chi connectivity index (χ3n) is 4.08. The van der Waals surface area contributed by atoms with Crippen LogP contribution >= 0.6 is 0 Å². The Balaban J connectivity index is 2.21. The van der Waals surface area contributed by atoms with Crippen LogP contribution in [0.4, 0.5) is 0 Å². The maximum Gasteiger partial charge on any atom is 0.308 e. The van der Waals surface area contributed by atoms with Gasteiger partial charge in [0.05, 0.1) is 25.0 Å². The molecule has 0 aliphatic heterocycles. The standard InChI is InChI=1S/C17H30O4/c1-4-5-11-20-16(18)14-6-8-15(9-7-14)17(19)21-12-10-13(2)3/h13-15H,4-12H2,1-3H3. The van der Waals surface area contributed by atoms with Crippen molar-refractivity contribution in [3.05, 3.63) is 0 Å². The second-order valence-electron chi connectivity index (χ2n) is 6.42. The van der Waals surface area contributed by atoms with Gasteiger partial charge in [-0.05, 0) is 44.4 Å². The van der Waals surface area contributed by atoms with Gasteiger partial charge in [0.15, 0.2) is 0 Å². The van der Waals surface area contributed by atoms with Crippen LogP contribution in [0, 0.1) is 17.8 Å². The molecule has 0 unspecified atom stereocenters. The first-order valence-electron chi connectivity index (χ1n) is 8.37. The van der Waals surface area contributed by atoms with Gasteiger partial charge >= 0.3 is 11.9 Å². The molecule has 0 radical (unpaired) electrons. The summed E-state index contributed by atoms with van der Waals surface area (Å²) in [6, 6.07) is 0. The van der Waals surface area contributed by atoms with Crippen molar-refractivity contribution >= 4 is 11.9 Å². The van der Waals surface area contributed by atoms with Crippen molar-refractivity contribution in [2.75, 3.05) is 13.2 Å². The fourth-order valence-corrected chi connectivity index (χ4v) is 2.51. The van der Waals surface area contributed by atoms with E-state index >= 15 is 0 Å². The maximum atomic E-state index is 11.9. The van der Waals surface area contributed by atoms with Crippen LogP contribution in [-0.4, -0.2) is 25.2 Å². The fraction of sp³-hybridized carbons (Fsp3) is 0.882. The Kier molecular flexibility index (Phi) is 8.40. The molecule has 0 aromatic carbocycles. The van der Waals surface area contributed by atoms with Crippen molar-refractivity contribution in [2.45, 2.75) is 65.7 Å². The van der Waals surface area contributed by atoms with Gasteiger partial charge in [-0.3, -0.25) is 9.59 Å². The van der Waals surface area contributed by atoms with Gasteiger partial charge in [-0.25, -0.2) is 0 Å². The normalized spacial score (nSPS) is 22.1. The summed E-state index contributed by atoms with van der Waals surface area (Å²) >= 11 is 0. The number of ether oxygens (including phenoxy) is 2. The van der Waals surface area contributed by atoms with E-state index in [0.717, 1.165) is 44.9 Å². The van der Waals surface area contributed by atoms with E-state index in [2.05, 4.69) is 20.8 Å². The average Bonchev–Trinajstić information content (AvgIpc) is 2.47. The Morgan fingerprint density at radius 2 is 1.43 bits per heavy atom. The molecule has 1 fully saturated rings. The molecule has 4 heteroatoms. The van der Waals surface area contributed by atoms with E-state index in [0.29, 0.717) is 19.1 Å². The molecule has 0 aromatic rings. The zero-order valence-electron chi connectivity index (χ0n) is 13.7. The minimum atomic E-state index is -0.0894. The number of hydrogen-bond acceptors (Lipinski definition) is 4. The van der Waals surface area contributed by atoms with Crippen molar-refractivity contribution in [1.82, 2.24) is 0 Å². The lowest BCUT2D eigenvalue weighted by atomic mass is 9.82. The first kappa shape index (κ1) is 18.0. The van der Waals surface area contributed by atoms with E-state index in [1.165, 1.54) is 0 Å². The summed E-state index contributed by atoms with van der Waals surface area (Å²) in [6.45, 7) is 7.33. The van der Waals surface area contributed by atoms with Crippen LogP contribution in [0.2, 0.25) is 0 Å². The first-order valence-corrected chi connectivity index (χ1v) is 8.37. The molecule has 1 aliphatic rings. The predicted molar refractivity (Wildman–Crippen MR) is 81.7 cm³/mol. The lowest BCUT2D eigenvalue weighted by Crippen LogP contribution is -2.28. The molecule has 0 spiro atoms. The van der Waals surface area contributed by atoms with Gasteiger partial charge in [-0.15, -0.1) is 0 Å². The average molecular weight is 298 g/mol. The van der Waals surface area contributed by atoms with Crippen LogP contribution in [0.25, 0.3) is 0 Å². The summed E-state index contributed by atoms with van der Waals surface area (Å²) in [5.41, 5.74) is 0. The van der Waals surface area contributed by atoms with Crippen molar-refractivity contribution in [3.63, 3.8) is 0 Å². The number of carbonyl (C=O) groups excluding carboxylic acids is 2. The topological polar surface area (TPSA) is 52.6 Å². The van der Waals surface area contributed by atoms with Crippen LogP contribution in [0.3, 0.4) is 0 Å². The molecule has 21 heavy (non-hydrogen) atoms. The molecule has 0 saturated heterocycles. The van der Waals surface area contributed by atoms with Crippen molar-refractivity contribution < 1.29 is 19.1 Å². The van der Waals surface area contributed by atoms with Gasteiger partial charge in [0.25, 0.3) is 0 Å². The number of rotatable bonds is 8. The zero-order valence-corrected chi connectivity index (χ0v) is 13.7.